The summed E-state index contributed by atoms with van der Waals surface area (Å²) >= 11 is 5.69. The first kappa shape index (κ1) is 10.9. The van der Waals surface area contributed by atoms with E-state index in [1.165, 1.54) is 0 Å². The van der Waals surface area contributed by atoms with Gasteiger partial charge in [-0.25, -0.2) is 9.67 Å². The van der Waals surface area contributed by atoms with Crippen LogP contribution >= 0.6 is 11.6 Å². The maximum absolute atomic E-state index is 5.69. The van der Waals surface area contributed by atoms with Crippen LogP contribution in [-0.2, 0) is 0 Å². The molecule has 0 atom stereocenters. The van der Waals surface area contributed by atoms with E-state index in [0.29, 0.717) is 10.8 Å². The van der Waals surface area contributed by atoms with E-state index in [0.717, 1.165) is 11.5 Å². The number of hydrogen-bond donors (Lipinski definition) is 0. The van der Waals surface area contributed by atoms with Crippen molar-refractivity contribution in [3.63, 3.8) is 0 Å². The maximum atomic E-state index is 5.69. The van der Waals surface area contributed by atoms with Crippen molar-refractivity contribution in [2.75, 3.05) is 0 Å². The summed E-state index contributed by atoms with van der Waals surface area (Å²) in [6, 6.07) is 11.0. The van der Waals surface area contributed by atoms with Crippen molar-refractivity contribution in [2.45, 2.75) is 0 Å². The molecule has 18 heavy (non-hydrogen) atoms. The van der Waals surface area contributed by atoms with Gasteiger partial charge in [0.05, 0.1) is 0 Å². The SMILES string of the molecule is Clc1ccc(-c2ccn(-c3ccccn3)n2)nn1. The minimum absolute atomic E-state index is 0.364. The molecule has 3 heterocycles. The van der Waals surface area contributed by atoms with Gasteiger partial charge in [0.25, 0.3) is 0 Å². The molecule has 0 saturated heterocycles. The summed E-state index contributed by atoms with van der Waals surface area (Å²) in [6.07, 6.45) is 3.55. The zero-order chi connectivity index (χ0) is 12.4. The summed E-state index contributed by atoms with van der Waals surface area (Å²) in [5, 5.41) is 12.5. The number of nitrogens with zero attached hydrogens (tertiary/aromatic N) is 5. The molecule has 0 saturated carbocycles. The first-order chi connectivity index (χ1) is 8.83. The van der Waals surface area contributed by atoms with E-state index in [-0.39, 0.29) is 0 Å². The van der Waals surface area contributed by atoms with Crippen LogP contribution in [0.1, 0.15) is 0 Å². The molecule has 0 bridgehead atoms. The lowest BCUT2D eigenvalue weighted by Gasteiger charge is -1.98. The maximum Gasteiger partial charge on any atom is 0.153 e. The number of halogens is 1. The van der Waals surface area contributed by atoms with E-state index in [2.05, 4.69) is 20.3 Å². The van der Waals surface area contributed by atoms with E-state index in [4.69, 9.17) is 11.6 Å². The Morgan fingerprint density at radius 2 is 1.89 bits per heavy atom. The smallest absolute Gasteiger partial charge is 0.153 e. The van der Waals surface area contributed by atoms with Crippen molar-refractivity contribution >= 4 is 11.6 Å². The third-order valence-electron chi connectivity index (χ3n) is 2.37. The monoisotopic (exact) mass is 257 g/mol. The van der Waals surface area contributed by atoms with Gasteiger partial charge in [-0.1, -0.05) is 17.7 Å². The summed E-state index contributed by atoms with van der Waals surface area (Å²) in [4.78, 5) is 4.21. The van der Waals surface area contributed by atoms with Gasteiger partial charge >= 0.3 is 0 Å². The predicted octanol–water partition coefficient (Wildman–Crippen LogP) is 2.38. The highest BCUT2D eigenvalue weighted by Crippen LogP contribution is 2.15. The Balaban J connectivity index is 1.97. The Bertz CT molecular complexity index is 648. The standard InChI is InChI=1S/C12H8ClN5/c13-11-5-4-9(15-16-11)10-6-8-18(17-10)12-3-1-2-7-14-12/h1-8H. The Hall–Kier alpha value is -2.27. The topological polar surface area (TPSA) is 56.5 Å². The molecule has 0 radical (unpaired) electrons. The van der Waals surface area contributed by atoms with Gasteiger partial charge < -0.3 is 0 Å². The van der Waals surface area contributed by atoms with Crippen LogP contribution in [-0.4, -0.2) is 25.0 Å². The number of aromatic nitrogens is 5. The van der Waals surface area contributed by atoms with Crippen LogP contribution in [0.5, 0.6) is 0 Å². The molecule has 6 heteroatoms. The molecule has 0 aliphatic rings. The normalized spacial score (nSPS) is 10.5. The lowest BCUT2D eigenvalue weighted by Crippen LogP contribution is -1.97. The first-order valence-electron chi connectivity index (χ1n) is 5.29. The Kier molecular flexibility index (Phi) is 2.74. The van der Waals surface area contributed by atoms with Crippen molar-refractivity contribution in [2.24, 2.45) is 0 Å². The summed E-state index contributed by atoms with van der Waals surface area (Å²) < 4.78 is 1.69. The quantitative estimate of drug-likeness (QED) is 0.707. The number of rotatable bonds is 2. The van der Waals surface area contributed by atoms with Gasteiger partial charge in [0.2, 0.25) is 0 Å². The van der Waals surface area contributed by atoms with Gasteiger partial charge in [-0.05, 0) is 30.3 Å². The predicted molar refractivity (Wildman–Crippen MR) is 67.4 cm³/mol. The molecule has 0 aliphatic carbocycles. The van der Waals surface area contributed by atoms with Crippen molar-refractivity contribution in [1.29, 1.82) is 0 Å². The second-order valence-corrected chi connectivity index (χ2v) is 3.96. The summed E-state index contributed by atoms with van der Waals surface area (Å²) in [6.45, 7) is 0. The molecular weight excluding hydrogens is 250 g/mol. The van der Waals surface area contributed by atoms with Crippen LogP contribution in [0.2, 0.25) is 5.15 Å². The Morgan fingerprint density at radius 3 is 2.61 bits per heavy atom. The fraction of sp³-hybridized carbons (Fsp3) is 0. The van der Waals surface area contributed by atoms with Crippen LogP contribution in [0.25, 0.3) is 17.2 Å². The first-order valence-corrected chi connectivity index (χ1v) is 5.67. The molecule has 0 amide bonds. The van der Waals surface area contributed by atoms with E-state index in [9.17, 15) is 0 Å². The van der Waals surface area contributed by atoms with Crippen molar-refractivity contribution < 1.29 is 0 Å². The molecule has 88 valence electrons. The van der Waals surface area contributed by atoms with Gasteiger partial charge in [-0.15, -0.1) is 10.2 Å². The second kappa shape index (κ2) is 4.54. The molecule has 5 nitrogen and oxygen atoms in total. The molecule has 0 aromatic carbocycles. The van der Waals surface area contributed by atoms with Crippen LogP contribution in [0.4, 0.5) is 0 Å². The van der Waals surface area contributed by atoms with E-state index in [1.807, 2.05) is 30.5 Å². The van der Waals surface area contributed by atoms with Crippen molar-refractivity contribution in [1.82, 2.24) is 25.0 Å². The molecule has 3 rings (SSSR count). The second-order valence-electron chi connectivity index (χ2n) is 3.57. The molecule has 0 fully saturated rings. The molecule has 3 aromatic rings. The summed E-state index contributed by atoms with van der Waals surface area (Å²) in [7, 11) is 0. The zero-order valence-electron chi connectivity index (χ0n) is 9.23. The zero-order valence-corrected chi connectivity index (χ0v) is 9.99. The minimum Gasteiger partial charge on any atom is -0.237 e. The summed E-state index contributed by atoms with van der Waals surface area (Å²) in [5.74, 6) is 0.755. The molecule has 3 aromatic heterocycles. The molecular formula is C12H8ClN5. The lowest BCUT2D eigenvalue weighted by molar-refractivity contribution is 0.847. The van der Waals surface area contributed by atoms with Crippen molar-refractivity contribution in [3.8, 4) is 17.2 Å². The average Bonchev–Trinajstić information content (AvgIpc) is 2.90. The van der Waals surface area contributed by atoms with Gasteiger partial charge in [0.1, 0.15) is 11.4 Å². The van der Waals surface area contributed by atoms with Crippen LogP contribution in [0, 0.1) is 0 Å². The highest BCUT2D eigenvalue weighted by Gasteiger charge is 2.05. The number of pyridine rings is 1. The Labute approximate surface area is 108 Å². The van der Waals surface area contributed by atoms with Gasteiger partial charge in [0, 0.05) is 12.4 Å². The minimum atomic E-state index is 0.364. The van der Waals surface area contributed by atoms with E-state index >= 15 is 0 Å². The Morgan fingerprint density at radius 1 is 0.944 bits per heavy atom. The third kappa shape index (κ3) is 2.08. The van der Waals surface area contributed by atoms with E-state index < -0.39 is 0 Å². The third-order valence-corrected chi connectivity index (χ3v) is 2.57. The highest BCUT2D eigenvalue weighted by molar-refractivity contribution is 6.29. The van der Waals surface area contributed by atoms with Crippen LogP contribution in [0.15, 0.2) is 48.8 Å². The van der Waals surface area contributed by atoms with Gasteiger partial charge in [0.15, 0.2) is 11.0 Å². The molecule has 0 spiro atoms. The van der Waals surface area contributed by atoms with Crippen molar-refractivity contribution in [3.05, 3.63) is 53.9 Å². The molecule has 0 N–H and O–H groups in total. The average molecular weight is 258 g/mol. The van der Waals surface area contributed by atoms with Crippen LogP contribution in [0.3, 0.4) is 0 Å². The fourth-order valence-corrected chi connectivity index (χ4v) is 1.63. The molecule has 0 aliphatic heterocycles. The van der Waals surface area contributed by atoms with E-state index in [1.54, 1.807) is 23.0 Å². The molecule has 0 unspecified atom stereocenters. The number of hydrogen-bond acceptors (Lipinski definition) is 4. The van der Waals surface area contributed by atoms with Crippen LogP contribution < -0.4 is 0 Å². The summed E-state index contributed by atoms with van der Waals surface area (Å²) in [5.41, 5.74) is 1.40. The highest BCUT2D eigenvalue weighted by atomic mass is 35.5. The lowest BCUT2D eigenvalue weighted by atomic mass is 10.3. The van der Waals surface area contributed by atoms with Gasteiger partial charge in [-0.3, -0.25) is 0 Å². The fourth-order valence-electron chi connectivity index (χ4n) is 1.53. The van der Waals surface area contributed by atoms with Gasteiger partial charge in [-0.2, -0.15) is 5.10 Å². The largest absolute Gasteiger partial charge is 0.237 e.